The van der Waals surface area contributed by atoms with E-state index in [0.717, 1.165) is 44.1 Å². The van der Waals surface area contributed by atoms with Gasteiger partial charge >= 0.3 is 0 Å². The van der Waals surface area contributed by atoms with Gasteiger partial charge in [0.25, 0.3) is 11.8 Å². The third-order valence-corrected chi connectivity index (χ3v) is 7.11. The first-order valence-corrected chi connectivity index (χ1v) is 12.1. The molecule has 1 saturated heterocycles. The van der Waals surface area contributed by atoms with Crippen LogP contribution in [0.25, 0.3) is 0 Å². The van der Waals surface area contributed by atoms with E-state index < -0.39 is 17.2 Å². The number of carbonyl (C=O) groups is 2. The van der Waals surface area contributed by atoms with Gasteiger partial charge < -0.3 is 19.9 Å². The summed E-state index contributed by atoms with van der Waals surface area (Å²) in [7, 11) is 0. The Kier molecular flexibility index (Phi) is 7.63. The van der Waals surface area contributed by atoms with Crippen LogP contribution in [0.2, 0.25) is 0 Å². The molecule has 2 amide bonds. The molecule has 1 aromatic carbocycles. The van der Waals surface area contributed by atoms with E-state index in [1.54, 1.807) is 18.5 Å². The number of pyridine rings is 1. The number of nitrogens with one attached hydrogen (secondary N) is 2. The molecule has 0 radical (unpaired) electrons. The summed E-state index contributed by atoms with van der Waals surface area (Å²) in [5.41, 5.74) is 0.353. The first kappa shape index (κ1) is 24.0. The first-order valence-electron chi connectivity index (χ1n) is 12.1. The predicted octanol–water partition coefficient (Wildman–Crippen LogP) is 3.36. The molecule has 180 valence electrons. The molecule has 1 saturated carbocycles. The van der Waals surface area contributed by atoms with Crippen molar-refractivity contribution < 1.29 is 14.3 Å². The summed E-state index contributed by atoms with van der Waals surface area (Å²) in [5.74, 6) is -0.937. The Bertz CT molecular complexity index is 1080. The van der Waals surface area contributed by atoms with Crippen LogP contribution in [-0.2, 0) is 10.2 Å². The molecule has 0 unspecified atom stereocenters. The van der Waals surface area contributed by atoms with E-state index in [1.165, 1.54) is 0 Å². The molecule has 2 N–H and O–H groups in total. The summed E-state index contributed by atoms with van der Waals surface area (Å²) in [6, 6.07) is 10.3. The molecular weight excluding hydrogens is 430 g/mol. The zero-order valence-electron chi connectivity index (χ0n) is 19.6. The van der Waals surface area contributed by atoms with E-state index in [-0.39, 0.29) is 29.1 Å². The zero-order chi connectivity index (χ0) is 24.0. The molecular formula is C27H33N3O4. The van der Waals surface area contributed by atoms with Gasteiger partial charge in [-0.3, -0.25) is 14.4 Å². The average molecular weight is 464 g/mol. The second-order valence-electron chi connectivity index (χ2n) is 9.24. The third-order valence-electron chi connectivity index (χ3n) is 7.11. The van der Waals surface area contributed by atoms with E-state index in [9.17, 15) is 14.4 Å². The lowest BCUT2D eigenvalue weighted by Crippen LogP contribution is -2.45. The van der Waals surface area contributed by atoms with Gasteiger partial charge in [-0.15, -0.1) is 6.58 Å². The van der Waals surface area contributed by atoms with Crippen molar-refractivity contribution in [3.8, 4) is 0 Å². The van der Waals surface area contributed by atoms with Gasteiger partial charge in [-0.05, 0) is 31.2 Å². The van der Waals surface area contributed by atoms with Crippen LogP contribution in [0.1, 0.15) is 70.8 Å². The monoisotopic (exact) mass is 463 g/mol. The van der Waals surface area contributed by atoms with Crippen molar-refractivity contribution in [2.24, 2.45) is 0 Å². The number of hydrogen-bond donors (Lipinski definition) is 2. The summed E-state index contributed by atoms with van der Waals surface area (Å²) in [5, 5.41) is 5.69. The fraction of sp³-hybridized carbons (Fsp3) is 0.444. The molecule has 2 aliphatic rings. The van der Waals surface area contributed by atoms with Crippen molar-refractivity contribution in [1.29, 1.82) is 0 Å². The van der Waals surface area contributed by atoms with Gasteiger partial charge in [0.1, 0.15) is 11.1 Å². The van der Waals surface area contributed by atoms with Crippen molar-refractivity contribution in [2.75, 3.05) is 26.3 Å². The van der Waals surface area contributed by atoms with Gasteiger partial charge in [0.2, 0.25) is 5.43 Å². The quantitative estimate of drug-likeness (QED) is 0.588. The van der Waals surface area contributed by atoms with Gasteiger partial charge in [-0.25, -0.2) is 0 Å². The maximum Gasteiger partial charge on any atom is 0.257 e. The molecule has 0 atom stereocenters. The van der Waals surface area contributed by atoms with E-state index in [4.69, 9.17) is 4.74 Å². The number of hydrogen-bond acceptors (Lipinski definition) is 4. The molecule has 2 fully saturated rings. The van der Waals surface area contributed by atoms with Crippen LogP contribution in [0.3, 0.4) is 0 Å². The van der Waals surface area contributed by atoms with Gasteiger partial charge in [-0.2, -0.15) is 0 Å². The van der Waals surface area contributed by atoms with Gasteiger partial charge in [0, 0.05) is 50.2 Å². The second-order valence-corrected chi connectivity index (χ2v) is 9.24. The van der Waals surface area contributed by atoms with E-state index >= 15 is 0 Å². The van der Waals surface area contributed by atoms with Gasteiger partial charge in [-0.1, -0.05) is 49.2 Å². The SMILES string of the molecule is C=CCNC(=O)c1cn(C2CCCC2)cc(C(=O)NCC2(c3ccccc3)CCOCC2)c1=O. The number of carbonyl (C=O) groups excluding carboxylic acids is 2. The highest BCUT2D eigenvalue weighted by Gasteiger charge is 2.35. The van der Waals surface area contributed by atoms with E-state index in [2.05, 4.69) is 29.3 Å². The lowest BCUT2D eigenvalue weighted by molar-refractivity contribution is 0.0487. The highest BCUT2D eigenvalue weighted by molar-refractivity contribution is 5.99. The Labute approximate surface area is 200 Å². The summed E-state index contributed by atoms with van der Waals surface area (Å²) >= 11 is 0. The van der Waals surface area contributed by atoms with Crippen molar-refractivity contribution in [3.05, 3.63) is 82.3 Å². The standard InChI is InChI=1S/C27H33N3O4/c1-2-14-28-25(32)22-17-30(21-10-6-7-11-21)18-23(24(22)31)26(33)29-19-27(12-15-34-16-13-27)20-8-4-3-5-9-20/h2-5,8-9,17-18,21H,1,6-7,10-16,19H2,(H,28,32)(H,29,33). The number of amides is 2. The molecule has 0 bridgehead atoms. The Morgan fingerprint density at radius 3 is 2.26 bits per heavy atom. The topological polar surface area (TPSA) is 89.4 Å². The van der Waals surface area contributed by atoms with Crippen molar-refractivity contribution >= 4 is 11.8 Å². The van der Waals surface area contributed by atoms with Crippen molar-refractivity contribution in [2.45, 2.75) is 50.0 Å². The molecule has 0 spiro atoms. The molecule has 1 aromatic heterocycles. The van der Waals surface area contributed by atoms with Crippen LogP contribution in [0.5, 0.6) is 0 Å². The van der Waals surface area contributed by atoms with Crippen LogP contribution < -0.4 is 16.1 Å². The number of rotatable bonds is 8. The fourth-order valence-electron chi connectivity index (χ4n) is 5.06. The Hall–Kier alpha value is -3.19. The van der Waals surface area contributed by atoms with Crippen molar-refractivity contribution in [1.82, 2.24) is 15.2 Å². The minimum Gasteiger partial charge on any atom is -0.381 e. The minimum absolute atomic E-state index is 0.00780. The number of benzene rings is 1. The Balaban J connectivity index is 1.62. The average Bonchev–Trinajstić information content (AvgIpc) is 3.42. The molecule has 2 aromatic rings. The molecule has 1 aliphatic heterocycles. The summed E-state index contributed by atoms with van der Waals surface area (Å²) < 4.78 is 7.47. The van der Waals surface area contributed by atoms with Crippen LogP contribution in [-0.4, -0.2) is 42.7 Å². The number of ether oxygens (including phenoxy) is 1. The second kappa shape index (κ2) is 10.8. The lowest BCUT2D eigenvalue weighted by Gasteiger charge is -2.38. The van der Waals surface area contributed by atoms with Crippen LogP contribution >= 0.6 is 0 Å². The maximum absolute atomic E-state index is 13.3. The van der Waals surface area contributed by atoms with Crippen LogP contribution in [0.4, 0.5) is 0 Å². The first-order chi connectivity index (χ1) is 16.5. The number of aromatic nitrogens is 1. The highest BCUT2D eigenvalue weighted by atomic mass is 16.5. The summed E-state index contributed by atoms with van der Waals surface area (Å²) in [6.45, 7) is 5.50. The largest absolute Gasteiger partial charge is 0.381 e. The molecule has 4 rings (SSSR count). The lowest BCUT2D eigenvalue weighted by atomic mass is 9.74. The van der Waals surface area contributed by atoms with E-state index in [1.807, 2.05) is 22.8 Å². The summed E-state index contributed by atoms with van der Waals surface area (Å²) in [6.07, 6.45) is 10.5. The predicted molar refractivity (Wildman–Crippen MR) is 131 cm³/mol. The molecule has 2 heterocycles. The van der Waals surface area contributed by atoms with Crippen molar-refractivity contribution in [3.63, 3.8) is 0 Å². The van der Waals surface area contributed by atoms with Crippen LogP contribution in [0.15, 0.2) is 60.2 Å². The fourth-order valence-corrected chi connectivity index (χ4v) is 5.06. The Morgan fingerprint density at radius 1 is 1.03 bits per heavy atom. The van der Waals surface area contributed by atoms with Crippen LogP contribution in [0, 0.1) is 0 Å². The smallest absolute Gasteiger partial charge is 0.257 e. The Morgan fingerprint density at radius 2 is 1.65 bits per heavy atom. The van der Waals surface area contributed by atoms with E-state index in [0.29, 0.717) is 19.8 Å². The third kappa shape index (κ3) is 5.14. The molecule has 1 aliphatic carbocycles. The molecule has 34 heavy (non-hydrogen) atoms. The normalized spacial score (nSPS) is 17.8. The van der Waals surface area contributed by atoms with Gasteiger partial charge in [0.15, 0.2) is 0 Å². The maximum atomic E-state index is 13.3. The molecule has 7 heteroatoms. The minimum atomic E-state index is -0.547. The zero-order valence-corrected chi connectivity index (χ0v) is 19.6. The van der Waals surface area contributed by atoms with Gasteiger partial charge in [0.05, 0.1) is 0 Å². The highest BCUT2D eigenvalue weighted by Crippen LogP contribution is 2.34. The number of nitrogens with zero attached hydrogens (tertiary/aromatic N) is 1. The molecule has 7 nitrogen and oxygen atoms in total. The summed E-state index contributed by atoms with van der Waals surface area (Å²) in [4.78, 5) is 39.2.